The SMILES string of the molecule is COc1ccc2c(c1)CN(c1nc3c(cnn3C(C)(C)C)c(=O)[nH]1)CC2. The number of hydrogen-bond acceptors (Lipinski definition) is 5. The lowest BCUT2D eigenvalue weighted by atomic mass is 10.00. The molecule has 1 aromatic carbocycles. The second-order valence-corrected chi connectivity index (χ2v) is 7.66. The number of nitrogens with one attached hydrogen (secondary N) is 1. The first-order valence-electron chi connectivity index (χ1n) is 8.76. The van der Waals surface area contributed by atoms with Gasteiger partial charge in [0.05, 0.1) is 18.8 Å². The molecule has 26 heavy (non-hydrogen) atoms. The molecule has 1 N–H and O–H groups in total. The van der Waals surface area contributed by atoms with Crippen LogP contribution in [0.2, 0.25) is 0 Å². The first-order chi connectivity index (χ1) is 12.4. The Hall–Kier alpha value is -2.83. The summed E-state index contributed by atoms with van der Waals surface area (Å²) in [7, 11) is 1.67. The summed E-state index contributed by atoms with van der Waals surface area (Å²) in [6, 6.07) is 6.15. The van der Waals surface area contributed by atoms with Gasteiger partial charge in [0.15, 0.2) is 5.65 Å². The van der Waals surface area contributed by atoms with Crippen LogP contribution in [-0.4, -0.2) is 33.4 Å². The van der Waals surface area contributed by atoms with Crippen LogP contribution in [0.25, 0.3) is 11.0 Å². The topological polar surface area (TPSA) is 76.0 Å². The van der Waals surface area contributed by atoms with Crippen LogP contribution in [0.1, 0.15) is 31.9 Å². The predicted octanol–water partition coefficient (Wildman–Crippen LogP) is 2.45. The maximum absolute atomic E-state index is 12.5. The normalized spacial score (nSPS) is 14.5. The summed E-state index contributed by atoms with van der Waals surface area (Å²) in [6.07, 6.45) is 2.49. The van der Waals surface area contributed by atoms with Crippen molar-refractivity contribution >= 4 is 17.0 Å². The van der Waals surface area contributed by atoms with E-state index in [0.717, 1.165) is 18.7 Å². The molecule has 0 saturated heterocycles. The average Bonchev–Trinajstić information content (AvgIpc) is 3.05. The number of methoxy groups -OCH3 is 1. The number of rotatable bonds is 2. The summed E-state index contributed by atoms with van der Waals surface area (Å²) >= 11 is 0. The van der Waals surface area contributed by atoms with Crippen LogP contribution in [0, 0.1) is 0 Å². The van der Waals surface area contributed by atoms with Gasteiger partial charge in [-0.25, -0.2) is 4.68 Å². The largest absolute Gasteiger partial charge is 0.497 e. The third kappa shape index (κ3) is 2.73. The van der Waals surface area contributed by atoms with Crippen molar-refractivity contribution in [3.8, 4) is 5.75 Å². The van der Waals surface area contributed by atoms with Gasteiger partial charge in [0.1, 0.15) is 11.1 Å². The number of fused-ring (bicyclic) bond motifs is 2. The lowest BCUT2D eigenvalue weighted by molar-refractivity contribution is 0.366. The molecule has 2 aromatic heterocycles. The molecule has 0 aliphatic carbocycles. The van der Waals surface area contributed by atoms with Crippen molar-refractivity contribution < 1.29 is 4.74 Å². The van der Waals surface area contributed by atoms with Gasteiger partial charge in [0.25, 0.3) is 5.56 Å². The monoisotopic (exact) mass is 353 g/mol. The summed E-state index contributed by atoms with van der Waals surface area (Å²) in [5, 5.41) is 4.89. The van der Waals surface area contributed by atoms with Crippen molar-refractivity contribution in [3.63, 3.8) is 0 Å². The molecule has 4 rings (SSSR count). The van der Waals surface area contributed by atoms with E-state index in [0.29, 0.717) is 23.5 Å². The van der Waals surface area contributed by atoms with E-state index in [1.807, 2.05) is 31.5 Å². The number of aromatic amines is 1. The third-order valence-corrected chi connectivity index (χ3v) is 4.79. The maximum Gasteiger partial charge on any atom is 0.263 e. The van der Waals surface area contributed by atoms with Gasteiger partial charge in [0.2, 0.25) is 5.95 Å². The second-order valence-electron chi connectivity index (χ2n) is 7.66. The molecule has 7 nitrogen and oxygen atoms in total. The van der Waals surface area contributed by atoms with E-state index in [2.05, 4.69) is 27.1 Å². The van der Waals surface area contributed by atoms with Crippen molar-refractivity contribution in [3.05, 3.63) is 45.9 Å². The molecule has 1 aliphatic rings. The van der Waals surface area contributed by atoms with Gasteiger partial charge < -0.3 is 9.64 Å². The Bertz CT molecular complexity index is 1030. The van der Waals surface area contributed by atoms with Gasteiger partial charge in [0, 0.05) is 13.1 Å². The van der Waals surface area contributed by atoms with Gasteiger partial charge in [-0.15, -0.1) is 0 Å². The molecule has 7 heteroatoms. The van der Waals surface area contributed by atoms with E-state index in [1.54, 1.807) is 13.3 Å². The fourth-order valence-electron chi connectivity index (χ4n) is 3.39. The minimum atomic E-state index is -0.248. The van der Waals surface area contributed by atoms with Crippen LogP contribution in [-0.2, 0) is 18.5 Å². The van der Waals surface area contributed by atoms with E-state index in [1.165, 1.54) is 11.1 Å². The third-order valence-electron chi connectivity index (χ3n) is 4.79. The van der Waals surface area contributed by atoms with Crippen molar-refractivity contribution in [1.29, 1.82) is 0 Å². The first-order valence-corrected chi connectivity index (χ1v) is 8.76. The molecule has 3 aromatic rings. The second kappa shape index (κ2) is 5.86. The van der Waals surface area contributed by atoms with Crippen LogP contribution < -0.4 is 15.2 Å². The molecule has 0 atom stereocenters. The Kier molecular flexibility index (Phi) is 3.75. The standard InChI is InChI=1S/C19H23N5O2/c1-19(2,3)24-16-15(10-20-24)17(25)22-18(21-16)23-8-7-12-5-6-14(26-4)9-13(12)11-23/h5-6,9-10H,7-8,11H2,1-4H3,(H,21,22,25). The van der Waals surface area contributed by atoms with Crippen LogP contribution in [0.15, 0.2) is 29.2 Å². The number of nitrogens with zero attached hydrogens (tertiary/aromatic N) is 4. The summed E-state index contributed by atoms with van der Waals surface area (Å²) < 4.78 is 7.14. The Morgan fingerprint density at radius 3 is 2.77 bits per heavy atom. The highest BCUT2D eigenvalue weighted by Crippen LogP contribution is 2.26. The smallest absolute Gasteiger partial charge is 0.263 e. The van der Waals surface area contributed by atoms with Crippen molar-refractivity contribution in [1.82, 2.24) is 19.7 Å². The minimum Gasteiger partial charge on any atom is -0.497 e. The molecule has 0 amide bonds. The van der Waals surface area contributed by atoms with Crippen molar-refractivity contribution in [2.24, 2.45) is 0 Å². The number of aromatic nitrogens is 4. The maximum atomic E-state index is 12.5. The molecule has 0 radical (unpaired) electrons. The van der Waals surface area contributed by atoms with Crippen molar-refractivity contribution in [2.45, 2.75) is 39.3 Å². The van der Waals surface area contributed by atoms with E-state index in [9.17, 15) is 4.79 Å². The van der Waals surface area contributed by atoms with Gasteiger partial charge in [-0.3, -0.25) is 9.78 Å². The van der Waals surface area contributed by atoms with E-state index < -0.39 is 0 Å². The highest BCUT2D eigenvalue weighted by atomic mass is 16.5. The van der Waals surface area contributed by atoms with Crippen LogP contribution in [0.5, 0.6) is 5.75 Å². The zero-order chi connectivity index (χ0) is 18.5. The number of benzene rings is 1. The summed E-state index contributed by atoms with van der Waals surface area (Å²) in [4.78, 5) is 22.3. The molecule has 3 heterocycles. The summed E-state index contributed by atoms with van der Waals surface area (Å²) in [6.45, 7) is 7.63. The lowest BCUT2D eigenvalue weighted by Crippen LogP contribution is -2.33. The molecule has 0 unspecified atom stereocenters. The number of H-pyrrole nitrogens is 1. The zero-order valence-electron chi connectivity index (χ0n) is 15.5. The molecule has 136 valence electrons. The highest BCUT2D eigenvalue weighted by Gasteiger charge is 2.23. The quantitative estimate of drug-likeness (QED) is 0.766. The number of ether oxygens (including phenoxy) is 1. The minimum absolute atomic E-state index is 0.156. The van der Waals surface area contributed by atoms with E-state index >= 15 is 0 Å². The van der Waals surface area contributed by atoms with Gasteiger partial charge in [-0.05, 0) is 50.5 Å². The Labute approximate surface area is 151 Å². The Morgan fingerprint density at radius 1 is 1.23 bits per heavy atom. The van der Waals surface area contributed by atoms with Crippen LogP contribution in [0.3, 0.4) is 0 Å². The molecular formula is C19H23N5O2. The van der Waals surface area contributed by atoms with Gasteiger partial charge in [-0.1, -0.05) is 6.07 Å². The molecule has 0 saturated carbocycles. The van der Waals surface area contributed by atoms with Crippen LogP contribution in [0.4, 0.5) is 5.95 Å². The van der Waals surface area contributed by atoms with Gasteiger partial charge in [-0.2, -0.15) is 10.1 Å². The average molecular weight is 353 g/mol. The molecule has 0 spiro atoms. The first kappa shape index (κ1) is 16.6. The fraction of sp³-hybridized carbons (Fsp3) is 0.421. The van der Waals surface area contributed by atoms with Gasteiger partial charge >= 0.3 is 0 Å². The summed E-state index contributed by atoms with van der Waals surface area (Å²) in [5.74, 6) is 1.43. The molecule has 1 aliphatic heterocycles. The lowest BCUT2D eigenvalue weighted by Gasteiger charge is -2.29. The number of hydrogen-bond donors (Lipinski definition) is 1. The zero-order valence-corrected chi connectivity index (χ0v) is 15.5. The molecule has 0 bridgehead atoms. The fourth-order valence-corrected chi connectivity index (χ4v) is 3.39. The van der Waals surface area contributed by atoms with E-state index in [-0.39, 0.29) is 11.1 Å². The Balaban J connectivity index is 1.76. The highest BCUT2D eigenvalue weighted by molar-refractivity contribution is 5.74. The molecular weight excluding hydrogens is 330 g/mol. The predicted molar refractivity (Wildman–Crippen MR) is 101 cm³/mol. The molecule has 0 fully saturated rings. The summed E-state index contributed by atoms with van der Waals surface area (Å²) in [5.41, 5.74) is 2.72. The Morgan fingerprint density at radius 2 is 2.04 bits per heavy atom. The van der Waals surface area contributed by atoms with E-state index in [4.69, 9.17) is 9.72 Å². The van der Waals surface area contributed by atoms with Crippen LogP contribution >= 0.6 is 0 Å². The van der Waals surface area contributed by atoms with Crippen molar-refractivity contribution in [2.75, 3.05) is 18.6 Å². The number of anilines is 1.